The van der Waals surface area contributed by atoms with Gasteiger partial charge in [-0.25, -0.2) is 9.97 Å². The molecule has 0 radical (unpaired) electrons. The number of likely N-dealkylation sites (N-methyl/N-ethyl adjacent to an activating group) is 1. The Kier molecular flexibility index (Phi) is 5.49. The van der Waals surface area contributed by atoms with Gasteiger partial charge in [0.25, 0.3) is 0 Å². The van der Waals surface area contributed by atoms with Gasteiger partial charge in [-0.3, -0.25) is 4.79 Å². The molecule has 1 aromatic heterocycles. The number of anilines is 2. The summed E-state index contributed by atoms with van der Waals surface area (Å²) in [6, 6.07) is 1.92. The number of nitrogens with zero attached hydrogens (tertiary/aromatic N) is 6. The van der Waals surface area contributed by atoms with E-state index >= 15 is 0 Å². The SMILES string of the molecule is CN1CCN(c2cc(N3CCN(C(=O)CC(F)(F)F)CC3)ncn2)CC1. The Balaban J connectivity index is 1.58. The van der Waals surface area contributed by atoms with Crippen LogP contribution in [0.1, 0.15) is 6.42 Å². The van der Waals surface area contributed by atoms with Crippen LogP contribution in [0.15, 0.2) is 12.4 Å². The normalized spacial score (nSPS) is 19.8. The minimum absolute atomic E-state index is 0.267. The molecule has 3 rings (SSSR count). The summed E-state index contributed by atoms with van der Waals surface area (Å²) in [5.41, 5.74) is 0. The predicted molar refractivity (Wildman–Crippen MR) is 91.2 cm³/mol. The Morgan fingerprint density at radius 2 is 1.46 bits per heavy atom. The number of aromatic nitrogens is 2. The van der Waals surface area contributed by atoms with Crippen LogP contribution in [0, 0.1) is 0 Å². The van der Waals surface area contributed by atoms with E-state index in [0.717, 1.165) is 37.8 Å². The summed E-state index contributed by atoms with van der Waals surface area (Å²) in [6.45, 7) is 5.19. The van der Waals surface area contributed by atoms with Gasteiger partial charge in [0.2, 0.25) is 5.91 Å². The second kappa shape index (κ2) is 7.65. The summed E-state index contributed by atoms with van der Waals surface area (Å²) >= 11 is 0. The largest absolute Gasteiger partial charge is 0.397 e. The van der Waals surface area contributed by atoms with Crippen LogP contribution in [0.4, 0.5) is 24.8 Å². The molecule has 7 nitrogen and oxygen atoms in total. The van der Waals surface area contributed by atoms with Crippen LogP contribution in [0.2, 0.25) is 0 Å². The van der Waals surface area contributed by atoms with Gasteiger partial charge in [0.1, 0.15) is 24.4 Å². The first-order valence-corrected chi connectivity index (χ1v) is 8.67. The zero-order valence-corrected chi connectivity index (χ0v) is 14.7. The Hall–Kier alpha value is -2.10. The molecular formula is C16H23F3N6O. The number of carbonyl (C=O) groups is 1. The topological polar surface area (TPSA) is 55.8 Å². The minimum atomic E-state index is -4.46. The zero-order chi connectivity index (χ0) is 18.7. The van der Waals surface area contributed by atoms with Crippen molar-refractivity contribution >= 4 is 17.5 Å². The molecule has 0 spiro atoms. The Bertz CT molecular complexity index is 625. The van der Waals surface area contributed by atoms with E-state index in [9.17, 15) is 18.0 Å². The van der Waals surface area contributed by atoms with Crippen molar-refractivity contribution in [2.75, 3.05) is 69.2 Å². The summed E-state index contributed by atoms with van der Waals surface area (Å²) in [6.07, 6.45) is -4.34. The number of hydrogen-bond donors (Lipinski definition) is 0. The maximum atomic E-state index is 12.4. The quantitative estimate of drug-likeness (QED) is 0.784. The van der Waals surface area contributed by atoms with Crippen LogP contribution >= 0.6 is 0 Å². The highest BCUT2D eigenvalue weighted by Gasteiger charge is 2.34. The van der Waals surface area contributed by atoms with Crippen molar-refractivity contribution in [2.45, 2.75) is 12.6 Å². The molecule has 0 atom stereocenters. The standard InChI is InChI=1S/C16H23F3N6O/c1-22-2-4-23(5-3-22)13-10-14(21-12-20-13)24-6-8-25(9-7-24)15(26)11-16(17,18)19/h10,12H,2-9,11H2,1H3. The third-order valence-corrected chi connectivity index (χ3v) is 4.77. The summed E-state index contributed by atoms with van der Waals surface area (Å²) in [5, 5.41) is 0. The van der Waals surface area contributed by atoms with E-state index < -0.39 is 18.5 Å². The molecule has 2 aliphatic rings. The van der Waals surface area contributed by atoms with E-state index in [1.807, 2.05) is 11.0 Å². The molecule has 1 aromatic rings. The molecule has 2 aliphatic heterocycles. The van der Waals surface area contributed by atoms with Gasteiger partial charge in [-0.2, -0.15) is 13.2 Å². The lowest BCUT2D eigenvalue weighted by molar-refractivity contribution is -0.161. The van der Waals surface area contributed by atoms with Gasteiger partial charge in [-0.1, -0.05) is 0 Å². The molecule has 1 amide bonds. The van der Waals surface area contributed by atoms with Crippen molar-refractivity contribution in [3.63, 3.8) is 0 Å². The second-order valence-electron chi connectivity index (χ2n) is 6.68. The van der Waals surface area contributed by atoms with Crippen LogP contribution in [-0.2, 0) is 4.79 Å². The smallest absolute Gasteiger partial charge is 0.354 e. The van der Waals surface area contributed by atoms with Gasteiger partial charge in [-0.15, -0.1) is 0 Å². The molecule has 0 aliphatic carbocycles. The molecule has 0 unspecified atom stereocenters. The van der Waals surface area contributed by atoms with Gasteiger partial charge < -0.3 is 19.6 Å². The van der Waals surface area contributed by atoms with Gasteiger partial charge in [0.05, 0.1) is 0 Å². The monoisotopic (exact) mass is 372 g/mol. The fraction of sp³-hybridized carbons (Fsp3) is 0.688. The highest BCUT2D eigenvalue weighted by Crippen LogP contribution is 2.23. The Morgan fingerprint density at radius 3 is 1.96 bits per heavy atom. The van der Waals surface area contributed by atoms with Crippen molar-refractivity contribution in [2.24, 2.45) is 0 Å². The van der Waals surface area contributed by atoms with E-state index in [-0.39, 0.29) is 13.1 Å². The number of amides is 1. The van der Waals surface area contributed by atoms with Crippen molar-refractivity contribution < 1.29 is 18.0 Å². The lowest BCUT2D eigenvalue weighted by Gasteiger charge is -2.36. The molecule has 26 heavy (non-hydrogen) atoms. The fourth-order valence-corrected chi connectivity index (χ4v) is 3.19. The van der Waals surface area contributed by atoms with Gasteiger partial charge >= 0.3 is 6.18 Å². The first kappa shape index (κ1) is 18.7. The highest BCUT2D eigenvalue weighted by molar-refractivity contribution is 5.77. The average molecular weight is 372 g/mol. The van der Waals surface area contributed by atoms with Gasteiger partial charge in [0, 0.05) is 58.4 Å². The van der Waals surface area contributed by atoms with Crippen LogP contribution in [0.3, 0.4) is 0 Å². The van der Waals surface area contributed by atoms with Gasteiger partial charge in [-0.05, 0) is 7.05 Å². The molecule has 0 N–H and O–H groups in total. The van der Waals surface area contributed by atoms with Crippen molar-refractivity contribution in [3.8, 4) is 0 Å². The van der Waals surface area contributed by atoms with Crippen LogP contribution in [0.25, 0.3) is 0 Å². The van der Waals surface area contributed by atoms with E-state index in [1.165, 1.54) is 11.2 Å². The molecule has 0 aromatic carbocycles. The summed E-state index contributed by atoms with van der Waals surface area (Å²) in [5.74, 6) is 0.744. The number of alkyl halides is 3. The number of carbonyl (C=O) groups excluding carboxylic acids is 1. The van der Waals surface area contributed by atoms with Crippen LogP contribution in [0.5, 0.6) is 0 Å². The van der Waals surface area contributed by atoms with E-state index in [4.69, 9.17) is 0 Å². The summed E-state index contributed by atoms with van der Waals surface area (Å²) in [7, 11) is 2.09. The Labute approximate surface area is 150 Å². The zero-order valence-electron chi connectivity index (χ0n) is 14.7. The molecule has 0 saturated carbocycles. The molecule has 10 heteroatoms. The molecule has 2 saturated heterocycles. The van der Waals surface area contributed by atoms with Crippen LogP contribution in [-0.4, -0.2) is 91.3 Å². The maximum absolute atomic E-state index is 12.4. The minimum Gasteiger partial charge on any atom is -0.354 e. The number of halogens is 3. The average Bonchev–Trinajstić information content (AvgIpc) is 2.61. The molecule has 0 bridgehead atoms. The van der Waals surface area contributed by atoms with Crippen LogP contribution < -0.4 is 9.80 Å². The third kappa shape index (κ3) is 4.75. The van der Waals surface area contributed by atoms with Gasteiger partial charge in [0.15, 0.2) is 0 Å². The Morgan fingerprint density at radius 1 is 0.962 bits per heavy atom. The summed E-state index contributed by atoms with van der Waals surface area (Å²) < 4.78 is 37.1. The van der Waals surface area contributed by atoms with Crippen molar-refractivity contribution in [1.82, 2.24) is 19.8 Å². The third-order valence-electron chi connectivity index (χ3n) is 4.77. The van der Waals surface area contributed by atoms with E-state index in [2.05, 4.69) is 26.8 Å². The first-order valence-electron chi connectivity index (χ1n) is 8.67. The summed E-state index contributed by atoms with van der Waals surface area (Å²) in [4.78, 5) is 28.1. The van der Waals surface area contributed by atoms with E-state index in [0.29, 0.717) is 13.1 Å². The number of rotatable bonds is 3. The van der Waals surface area contributed by atoms with Crippen molar-refractivity contribution in [3.05, 3.63) is 12.4 Å². The lowest BCUT2D eigenvalue weighted by atomic mass is 10.2. The predicted octanol–water partition coefficient (Wildman–Crippen LogP) is 0.829. The van der Waals surface area contributed by atoms with E-state index in [1.54, 1.807) is 0 Å². The molecule has 144 valence electrons. The highest BCUT2D eigenvalue weighted by atomic mass is 19.4. The lowest BCUT2D eigenvalue weighted by Crippen LogP contribution is -2.50. The number of piperazine rings is 2. The number of hydrogen-bond acceptors (Lipinski definition) is 6. The molecular weight excluding hydrogens is 349 g/mol. The maximum Gasteiger partial charge on any atom is 0.397 e. The first-order chi connectivity index (χ1) is 12.3. The second-order valence-corrected chi connectivity index (χ2v) is 6.68. The molecule has 2 fully saturated rings. The van der Waals surface area contributed by atoms with Crippen molar-refractivity contribution in [1.29, 1.82) is 0 Å². The fourth-order valence-electron chi connectivity index (χ4n) is 3.19. The molecule has 3 heterocycles.